The van der Waals surface area contributed by atoms with Crippen molar-refractivity contribution in [1.29, 1.82) is 0 Å². The molecule has 82 valence electrons. The summed E-state index contributed by atoms with van der Waals surface area (Å²) < 4.78 is 0. The topological polar surface area (TPSA) is 56.7 Å². The molecule has 1 atom stereocenters. The van der Waals surface area contributed by atoms with Crippen LogP contribution in [0.2, 0.25) is 0 Å². The summed E-state index contributed by atoms with van der Waals surface area (Å²) in [6, 6.07) is 0.675. The van der Waals surface area contributed by atoms with Crippen LogP contribution in [0.3, 0.4) is 0 Å². The Morgan fingerprint density at radius 1 is 1.57 bits per heavy atom. The van der Waals surface area contributed by atoms with Crippen LogP contribution in [-0.4, -0.2) is 43.4 Å². The van der Waals surface area contributed by atoms with Crippen LogP contribution >= 0.6 is 0 Å². The Bertz CT molecular complexity index is 181. The molecule has 1 amide bonds. The van der Waals surface area contributed by atoms with Crippen molar-refractivity contribution in [2.24, 2.45) is 0 Å². The molecule has 2 aliphatic heterocycles. The fourth-order valence-electron chi connectivity index (χ4n) is 1.21. The van der Waals surface area contributed by atoms with Crippen LogP contribution in [0.4, 0.5) is 4.79 Å². The Hall–Kier alpha value is -0.810. The predicted octanol–water partition coefficient (Wildman–Crippen LogP) is 0.331. The van der Waals surface area contributed by atoms with Gasteiger partial charge in [0.1, 0.15) is 0 Å². The summed E-state index contributed by atoms with van der Waals surface area (Å²) in [5.41, 5.74) is 0. The number of piperazine rings is 1. The van der Waals surface area contributed by atoms with Crippen molar-refractivity contribution in [3.8, 4) is 0 Å². The minimum Gasteiger partial charge on any atom is -0.314 e. The van der Waals surface area contributed by atoms with Crippen LogP contribution in [-0.2, 0) is 4.84 Å². The van der Waals surface area contributed by atoms with E-state index in [-0.39, 0.29) is 6.09 Å². The summed E-state index contributed by atoms with van der Waals surface area (Å²) in [5, 5.41) is 7.92. The number of hydrogen-bond donors (Lipinski definition) is 2. The van der Waals surface area contributed by atoms with Crippen LogP contribution in [0.15, 0.2) is 0 Å². The van der Waals surface area contributed by atoms with Gasteiger partial charge < -0.3 is 15.5 Å². The molecule has 0 saturated carbocycles. The molecule has 2 fully saturated rings. The van der Waals surface area contributed by atoms with Gasteiger partial charge >= 0.3 is 6.09 Å². The van der Waals surface area contributed by atoms with Gasteiger partial charge in [0.05, 0.1) is 6.54 Å². The third-order valence-corrected chi connectivity index (χ3v) is 2.03. The first-order valence-electron chi connectivity index (χ1n) is 5.17. The van der Waals surface area contributed by atoms with E-state index < -0.39 is 0 Å². The highest BCUT2D eigenvalue weighted by molar-refractivity contribution is 5.76. The summed E-state index contributed by atoms with van der Waals surface area (Å²) >= 11 is 0. The van der Waals surface area contributed by atoms with Crippen molar-refractivity contribution >= 4 is 6.09 Å². The molecule has 2 rings (SSSR count). The fourth-order valence-corrected chi connectivity index (χ4v) is 1.21. The van der Waals surface area contributed by atoms with Gasteiger partial charge in [0, 0.05) is 25.7 Å². The molecule has 2 aliphatic rings. The fraction of sp³-hybridized carbons (Fsp3) is 0.889. The molecule has 0 aromatic carbocycles. The molecule has 2 heterocycles. The highest BCUT2D eigenvalue weighted by Crippen LogP contribution is 2.10. The van der Waals surface area contributed by atoms with Gasteiger partial charge in [-0.2, -0.15) is 0 Å². The monoisotopic (exact) mass is 201 g/mol. The van der Waals surface area contributed by atoms with Crippen LogP contribution in [0.5, 0.6) is 0 Å². The zero-order valence-corrected chi connectivity index (χ0v) is 8.88. The van der Waals surface area contributed by atoms with Crippen molar-refractivity contribution in [2.75, 3.05) is 26.2 Å². The number of carbonyl (C=O) groups is 1. The van der Waals surface area contributed by atoms with Crippen molar-refractivity contribution in [1.82, 2.24) is 15.7 Å². The minimum absolute atomic E-state index is 0.193. The van der Waals surface area contributed by atoms with Crippen molar-refractivity contribution < 1.29 is 9.63 Å². The second-order valence-electron chi connectivity index (χ2n) is 3.52. The first kappa shape index (κ1) is 11.3. The van der Waals surface area contributed by atoms with E-state index in [1.165, 1.54) is 5.06 Å². The first-order chi connectivity index (χ1) is 6.74. The number of hydroxylamine groups is 2. The second kappa shape index (κ2) is 5.82. The summed E-state index contributed by atoms with van der Waals surface area (Å²) in [6.45, 7) is 8.30. The van der Waals surface area contributed by atoms with Gasteiger partial charge in [0.2, 0.25) is 0 Å². The molecular formula is C9H19N3O2. The second-order valence-corrected chi connectivity index (χ2v) is 3.52. The van der Waals surface area contributed by atoms with Gasteiger partial charge in [-0.05, 0) is 13.3 Å². The number of hydrogen-bond acceptors (Lipinski definition) is 4. The molecule has 5 heteroatoms. The van der Waals surface area contributed by atoms with Crippen LogP contribution in [0.25, 0.3) is 0 Å². The Morgan fingerprint density at radius 2 is 2.29 bits per heavy atom. The lowest BCUT2D eigenvalue weighted by molar-refractivity contribution is 0.200. The molecular weight excluding hydrogens is 182 g/mol. The SMILES string of the molecule is CC1CNCCN1.CCCN1OC1=O. The normalized spacial score (nSPS) is 24.9. The maximum absolute atomic E-state index is 9.98. The van der Waals surface area contributed by atoms with Crippen molar-refractivity contribution in [3.05, 3.63) is 0 Å². The van der Waals surface area contributed by atoms with Crippen LogP contribution in [0, 0.1) is 0 Å². The van der Waals surface area contributed by atoms with E-state index in [0.29, 0.717) is 6.04 Å². The molecule has 0 radical (unpaired) electrons. The smallest absolute Gasteiger partial charge is 0.314 e. The molecule has 2 saturated heterocycles. The van der Waals surface area contributed by atoms with Crippen molar-refractivity contribution in [3.63, 3.8) is 0 Å². The van der Waals surface area contributed by atoms with E-state index in [0.717, 1.165) is 32.6 Å². The maximum Gasteiger partial charge on any atom is 0.468 e. The van der Waals surface area contributed by atoms with Gasteiger partial charge in [-0.1, -0.05) is 6.92 Å². The van der Waals surface area contributed by atoms with E-state index in [1.807, 2.05) is 6.92 Å². The minimum atomic E-state index is -0.193. The molecule has 0 bridgehead atoms. The summed E-state index contributed by atoms with van der Waals surface area (Å²) in [7, 11) is 0. The number of rotatable bonds is 2. The zero-order chi connectivity index (χ0) is 10.4. The third-order valence-electron chi connectivity index (χ3n) is 2.03. The Morgan fingerprint density at radius 3 is 2.50 bits per heavy atom. The van der Waals surface area contributed by atoms with Crippen LogP contribution in [0.1, 0.15) is 20.3 Å². The number of nitrogens with one attached hydrogen (secondary N) is 2. The van der Waals surface area contributed by atoms with Gasteiger partial charge in [-0.15, -0.1) is 5.06 Å². The molecule has 5 nitrogen and oxygen atoms in total. The van der Waals surface area contributed by atoms with E-state index in [9.17, 15) is 4.79 Å². The lowest BCUT2D eigenvalue weighted by Crippen LogP contribution is -2.46. The molecule has 0 aromatic heterocycles. The van der Waals surface area contributed by atoms with Gasteiger partial charge in [0.15, 0.2) is 0 Å². The lowest BCUT2D eigenvalue weighted by Gasteiger charge is -2.19. The van der Waals surface area contributed by atoms with Gasteiger partial charge in [-0.3, -0.25) is 0 Å². The lowest BCUT2D eigenvalue weighted by atomic mass is 10.3. The molecule has 0 spiro atoms. The Kier molecular flexibility index (Phi) is 4.69. The highest BCUT2D eigenvalue weighted by Gasteiger charge is 2.32. The molecule has 0 aliphatic carbocycles. The average Bonchev–Trinajstić information content (AvgIpc) is 2.85. The highest BCUT2D eigenvalue weighted by atomic mass is 16.9. The summed E-state index contributed by atoms with van der Waals surface area (Å²) in [4.78, 5) is 14.3. The van der Waals surface area contributed by atoms with Crippen molar-refractivity contribution in [2.45, 2.75) is 26.3 Å². The Labute approximate surface area is 84.7 Å². The first-order valence-corrected chi connectivity index (χ1v) is 5.17. The summed E-state index contributed by atoms with van der Waals surface area (Å²) in [6.07, 6.45) is 0.771. The van der Waals surface area contributed by atoms with Gasteiger partial charge in [0.25, 0.3) is 0 Å². The Balaban J connectivity index is 0.000000140. The maximum atomic E-state index is 9.98. The molecule has 14 heavy (non-hydrogen) atoms. The third kappa shape index (κ3) is 4.43. The predicted molar refractivity (Wildman–Crippen MR) is 53.8 cm³/mol. The van der Waals surface area contributed by atoms with E-state index in [2.05, 4.69) is 22.4 Å². The molecule has 1 unspecified atom stereocenters. The van der Waals surface area contributed by atoms with E-state index >= 15 is 0 Å². The van der Waals surface area contributed by atoms with Gasteiger partial charge in [-0.25, -0.2) is 4.79 Å². The molecule has 2 N–H and O–H groups in total. The van der Waals surface area contributed by atoms with Crippen LogP contribution < -0.4 is 10.6 Å². The zero-order valence-electron chi connectivity index (χ0n) is 8.88. The standard InChI is InChI=1S/C5H12N2.C4H7NO2/c1-5-4-6-2-3-7-5;1-2-3-5-4(6)7-5/h5-7H,2-4H2,1H3;2-3H2,1H3. The average molecular weight is 201 g/mol. The van der Waals surface area contributed by atoms with E-state index in [4.69, 9.17) is 0 Å². The summed E-state index contributed by atoms with van der Waals surface area (Å²) in [5.74, 6) is 0. The quantitative estimate of drug-likeness (QED) is 0.632. The van der Waals surface area contributed by atoms with E-state index in [1.54, 1.807) is 0 Å². The number of nitrogens with zero attached hydrogens (tertiary/aromatic N) is 1. The number of carbonyl (C=O) groups excluding carboxylic acids is 1. The molecule has 0 aromatic rings. The number of amides is 1. The largest absolute Gasteiger partial charge is 0.468 e.